The van der Waals surface area contributed by atoms with Crippen LogP contribution in [0.2, 0.25) is 0 Å². The number of fused-ring (bicyclic) bond motifs is 1. The van der Waals surface area contributed by atoms with Crippen molar-refractivity contribution in [1.82, 2.24) is 20.5 Å². The van der Waals surface area contributed by atoms with E-state index in [1.165, 1.54) is 4.90 Å². The zero-order valence-electron chi connectivity index (χ0n) is 25.7. The molecule has 3 N–H and O–H groups in total. The Balaban J connectivity index is 1.24. The van der Waals surface area contributed by atoms with Crippen molar-refractivity contribution in [3.63, 3.8) is 0 Å². The van der Waals surface area contributed by atoms with Crippen LogP contribution in [0.5, 0.6) is 5.88 Å². The van der Waals surface area contributed by atoms with Crippen LogP contribution in [0.1, 0.15) is 65.7 Å². The minimum absolute atomic E-state index is 0.0285. The van der Waals surface area contributed by atoms with E-state index in [0.29, 0.717) is 18.4 Å². The molecule has 2 saturated carbocycles. The van der Waals surface area contributed by atoms with Gasteiger partial charge in [0.25, 0.3) is 0 Å². The molecule has 4 fully saturated rings. The highest BCUT2D eigenvalue weighted by atomic mass is 16.6. The van der Waals surface area contributed by atoms with Gasteiger partial charge in [0.1, 0.15) is 24.3 Å². The number of carbonyl (C=O) groups is 3. The van der Waals surface area contributed by atoms with E-state index in [0.717, 1.165) is 49.3 Å². The van der Waals surface area contributed by atoms with Gasteiger partial charge in [0.05, 0.1) is 12.5 Å². The summed E-state index contributed by atoms with van der Waals surface area (Å²) < 4.78 is 17.5. The summed E-state index contributed by atoms with van der Waals surface area (Å²) in [6.45, 7) is 6.14. The summed E-state index contributed by atoms with van der Waals surface area (Å²) in [4.78, 5) is 47.1. The zero-order chi connectivity index (χ0) is 31.0. The Labute approximate surface area is 258 Å². The molecule has 3 heterocycles. The molecule has 6 rings (SSSR count). The van der Waals surface area contributed by atoms with Gasteiger partial charge in [-0.1, -0.05) is 39.0 Å². The molecule has 11 nitrogen and oxygen atoms in total. The molecule has 2 aliphatic carbocycles. The summed E-state index contributed by atoms with van der Waals surface area (Å²) in [6, 6.07) is 7.82. The Morgan fingerprint density at radius 2 is 1.84 bits per heavy atom. The average Bonchev–Trinajstić information content (AvgIpc) is 3.35. The number of aromatic nitrogens is 1. The molecule has 2 aliphatic heterocycles. The minimum Gasteiger partial charge on any atom is -0.472 e. The van der Waals surface area contributed by atoms with Gasteiger partial charge in [-0.15, -0.1) is 0 Å². The highest BCUT2D eigenvalue weighted by molar-refractivity contribution is 6.46. The SMILES string of the molecule is CC(C)(C)[C@H](NC(=O)OC1CCCC1)C(=O)N1C[C@H](Oc2nccc3ccccc23)CC1C(=O)NC1B(O)OCC1C1CC1. The Bertz CT molecular complexity index is 1370. The molecule has 236 valence electrons. The highest BCUT2D eigenvalue weighted by Crippen LogP contribution is 2.41. The Kier molecular flexibility index (Phi) is 8.74. The predicted octanol–water partition coefficient (Wildman–Crippen LogP) is 3.23. The second-order valence-electron chi connectivity index (χ2n) is 13.8. The molecule has 4 aliphatic rings. The van der Waals surface area contributed by atoms with E-state index >= 15 is 0 Å². The lowest BCUT2D eigenvalue weighted by Crippen LogP contribution is -2.59. The summed E-state index contributed by atoms with van der Waals surface area (Å²) in [5.74, 6) is -0.449. The molecular formula is C32H43BN4O7. The molecule has 1 aromatic heterocycles. The van der Waals surface area contributed by atoms with E-state index < -0.39 is 42.8 Å². The van der Waals surface area contributed by atoms with Gasteiger partial charge in [-0.05, 0) is 67.4 Å². The van der Waals surface area contributed by atoms with Crippen LogP contribution in [-0.4, -0.2) is 83.3 Å². The van der Waals surface area contributed by atoms with Gasteiger partial charge in [-0.3, -0.25) is 9.59 Å². The molecule has 12 heteroatoms. The van der Waals surface area contributed by atoms with Crippen molar-refractivity contribution >= 4 is 35.8 Å². The number of likely N-dealkylation sites (tertiary alicyclic amines) is 1. The summed E-state index contributed by atoms with van der Waals surface area (Å²) in [7, 11) is -1.10. The van der Waals surface area contributed by atoms with Crippen LogP contribution in [0, 0.1) is 17.3 Å². The maximum Gasteiger partial charge on any atom is 0.478 e. The maximum atomic E-state index is 14.3. The first-order valence-electron chi connectivity index (χ1n) is 16.0. The average molecular weight is 607 g/mol. The normalized spacial score (nSPS) is 26.5. The molecule has 3 unspecified atom stereocenters. The number of amides is 3. The Morgan fingerprint density at radius 1 is 1.09 bits per heavy atom. The Hall–Kier alpha value is -3.38. The number of nitrogens with one attached hydrogen (secondary N) is 2. The van der Waals surface area contributed by atoms with Gasteiger partial charge < -0.3 is 34.7 Å². The van der Waals surface area contributed by atoms with Crippen LogP contribution in [0.3, 0.4) is 0 Å². The number of alkyl carbamates (subject to hydrolysis) is 1. The van der Waals surface area contributed by atoms with Crippen LogP contribution in [0.4, 0.5) is 4.79 Å². The lowest BCUT2D eigenvalue weighted by atomic mass is 9.73. The molecule has 3 amide bonds. The van der Waals surface area contributed by atoms with E-state index in [1.54, 1.807) is 6.20 Å². The maximum absolute atomic E-state index is 14.3. The number of hydrogen-bond acceptors (Lipinski definition) is 8. The van der Waals surface area contributed by atoms with Gasteiger partial charge in [0.15, 0.2) is 0 Å². The van der Waals surface area contributed by atoms with Gasteiger partial charge in [-0.2, -0.15) is 0 Å². The second-order valence-corrected chi connectivity index (χ2v) is 13.8. The van der Waals surface area contributed by atoms with Crippen LogP contribution < -0.4 is 15.4 Å². The van der Waals surface area contributed by atoms with Crippen molar-refractivity contribution in [3.05, 3.63) is 36.5 Å². The number of benzene rings is 1. The molecule has 0 spiro atoms. The molecule has 2 saturated heterocycles. The fourth-order valence-electron chi connectivity index (χ4n) is 6.86. The van der Waals surface area contributed by atoms with E-state index in [9.17, 15) is 19.4 Å². The largest absolute Gasteiger partial charge is 0.478 e. The molecule has 5 atom stereocenters. The number of rotatable bonds is 8. The molecule has 0 radical (unpaired) electrons. The van der Waals surface area contributed by atoms with E-state index in [2.05, 4.69) is 15.6 Å². The number of pyridine rings is 1. The highest BCUT2D eigenvalue weighted by Gasteiger charge is 2.51. The third-order valence-corrected chi connectivity index (χ3v) is 9.48. The molecule has 1 aromatic carbocycles. The van der Waals surface area contributed by atoms with Crippen LogP contribution in [0.15, 0.2) is 36.5 Å². The lowest BCUT2D eigenvalue weighted by Gasteiger charge is -2.35. The molecule has 0 bridgehead atoms. The zero-order valence-corrected chi connectivity index (χ0v) is 25.7. The smallest absolute Gasteiger partial charge is 0.472 e. The topological polar surface area (TPSA) is 139 Å². The first-order valence-corrected chi connectivity index (χ1v) is 16.0. The standard InChI is InChI=1S/C32H43BN4O7/c1-32(2,3)26(35-31(40)44-21-9-5-6-10-21)30(39)37-17-22(43-29-23-11-7-4-8-19(23)14-15-34-29)16-25(37)28(38)36-27-24(20-12-13-20)18-42-33(27)41/h4,7-8,11,14-15,20-22,24-27,41H,5-6,9-10,12-13,16-18H2,1-3H3,(H,35,40)(H,36,38)/t22-,24?,25?,26-,27?/m1/s1. The van der Waals surface area contributed by atoms with E-state index in [4.69, 9.17) is 14.1 Å². The fourth-order valence-corrected chi connectivity index (χ4v) is 6.86. The lowest BCUT2D eigenvalue weighted by molar-refractivity contribution is -0.142. The van der Waals surface area contributed by atoms with Crippen molar-refractivity contribution in [2.75, 3.05) is 13.2 Å². The second kappa shape index (κ2) is 12.6. The van der Waals surface area contributed by atoms with Crippen LogP contribution in [-0.2, 0) is 19.0 Å². The van der Waals surface area contributed by atoms with Crippen molar-refractivity contribution < 1.29 is 33.5 Å². The van der Waals surface area contributed by atoms with Crippen molar-refractivity contribution in [2.45, 2.75) is 95.9 Å². The van der Waals surface area contributed by atoms with Gasteiger partial charge in [0, 0.05) is 30.5 Å². The quantitative estimate of drug-likeness (QED) is 0.390. The number of ether oxygens (including phenoxy) is 2. The number of carbonyl (C=O) groups excluding carboxylic acids is 3. The van der Waals surface area contributed by atoms with E-state index in [-0.39, 0.29) is 36.8 Å². The third-order valence-electron chi connectivity index (χ3n) is 9.48. The van der Waals surface area contributed by atoms with Gasteiger partial charge in [-0.25, -0.2) is 9.78 Å². The molecule has 44 heavy (non-hydrogen) atoms. The third kappa shape index (κ3) is 6.66. The van der Waals surface area contributed by atoms with Crippen molar-refractivity contribution in [3.8, 4) is 5.88 Å². The monoisotopic (exact) mass is 606 g/mol. The first kappa shape index (κ1) is 30.6. The van der Waals surface area contributed by atoms with Crippen molar-refractivity contribution in [2.24, 2.45) is 17.3 Å². The Morgan fingerprint density at radius 3 is 2.57 bits per heavy atom. The number of hydrogen-bond donors (Lipinski definition) is 3. The fraction of sp³-hybridized carbons (Fsp3) is 0.625. The number of nitrogens with zero attached hydrogens (tertiary/aromatic N) is 2. The minimum atomic E-state index is -1.10. The van der Waals surface area contributed by atoms with Crippen molar-refractivity contribution in [1.29, 1.82) is 0 Å². The summed E-state index contributed by atoms with van der Waals surface area (Å²) in [6.07, 6.45) is 6.35. The van der Waals surface area contributed by atoms with Gasteiger partial charge >= 0.3 is 13.2 Å². The predicted molar refractivity (Wildman–Crippen MR) is 163 cm³/mol. The van der Waals surface area contributed by atoms with Crippen LogP contribution in [0.25, 0.3) is 10.8 Å². The first-order chi connectivity index (χ1) is 21.1. The molecular weight excluding hydrogens is 563 g/mol. The summed E-state index contributed by atoms with van der Waals surface area (Å²) >= 11 is 0. The summed E-state index contributed by atoms with van der Waals surface area (Å²) in [5, 5.41) is 18.2. The summed E-state index contributed by atoms with van der Waals surface area (Å²) in [5.41, 5.74) is -0.671. The van der Waals surface area contributed by atoms with Crippen LogP contribution >= 0.6 is 0 Å². The van der Waals surface area contributed by atoms with E-state index in [1.807, 2.05) is 51.1 Å². The molecule has 2 aromatic rings. The van der Waals surface area contributed by atoms with Gasteiger partial charge in [0.2, 0.25) is 17.7 Å².